The number of rotatable bonds is 7. The number of para-hydroxylation sites is 2. The quantitative estimate of drug-likeness (QED) is 0.455. The fraction of sp³-hybridized carbons (Fsp3) is 0.320. The van der Waals surface area contributed by atoms with Gasteiger partial charge in [-0.15, -0.1) is 5.10 Å². The maximum absolute atomic E-state index is 13.4. The fourth-order valence-corrected chi connectivity index (χ4v) is 4.90. The molecule has 1 aromatic heterocycles. The van der Waals surface area contributed by atoms with E-state index in [1.165, 1.54) is 11.1 Å². The van der Waals surface area contributed by atoms with E-state index < -0.39 is 0 Å². The lowest BCUT2D eigenvalue weighted by Gasteiger charge is -2.30. The maximum atomic E-state index is 13.4. The molecule has 0 bridgehead atoms. The Balaban J connectivity index is 1.59. The average molecular weight is 464 g/mol. The van der Waals surface area contributed by atoms with Gasteiger partial charge in [0, 0.05) is 11.4 Å². The van der Waals surface area contributed by atoms with Crippen LogP contribution >= 0.6 is 11.8 Å². The summed E-state index contributed by atoms with van der Waals surface area (Å²) in [6.07, 6.45) is 0. The normalized spacial score (nSPS) is 15.3. The monoisotopic (exact) mass is 463 g/mol. The first kappa shape index (κ1) is 22.9. The Bertz CT molecular complexity index is 1200. The van der Waals surface area contributed by atoms with Crippen LogP contribution in [0.3, 0.4) is 0 Å². The zero-order chi connectivity index (χ0) is 23.5. The molecule has 1 aliphatic rings. The van der Waals surface area contributed by atoms with E-state index in [0.717, 1.165) is 11.4 Å². The summed E-state index contributed by atoms with van der Waals surface area (Å²) >= 11 is 1.59. The lowest BCUT2D eigenvalue weighted by atomic mass is 9.92. The maximum Gasteiger partial charge on any atom is 0.255 e. The van der Waals surface area contributed by atoms with Crippen molar-refractivity contribution in [3.63, 3.8) is 0 Å². The van der Waals surface area contributed by atoms with Gasteiger partial charge < -0.3 is 15.4 Å². The molecule has 0 saturated heterocycles. The van der Waals surface area contributed by atoms with E-state index in [1.807, 2.05) is 48.0 Å². The van der Waals surface area contributed by atoms with Crippen molar-refractivity contribution in [2.75, 3.05) is 17.7 Å². The summed E-state index contributed by atoms with van der Waals surface area (Å²) < 4.78 is 7.23. The molecule has 0 aliphatic carbocycles. The minimum absolute atomic E-state index is 0.134. The van der Waals surface area contributed by atoms with Gasteiger partial charge in [-0.2, -0.15) is 4.98 Å². The van der Waals surface area contributed by atoms with Crippen LogP contribution < -0.4 is 15.4 Å². The van der Waals surface area contributed by atoms with Crippen LogP contribution in [0.25, 0.3) is 0 Å². The number of ether oxygens (including phenoxy) is 1. The standard InChI is InChI=1S/C25H29N5O2S/c1-15(2)22-21(23(31)27-19-12-8-9-13-20(19)32-5)17(4)26-24-28-25(29-30(22)24)33-14-18-11-7-6-10-16(18)3/h6-13,15,22H,14H2,1-5H3,(H,27,31)(H,26,28,29). The molecule has 3 aromatic rings. The van der Waals surface area contributed by atoms with E-state index in [2.05, 4.69) is 43.5 Å². The van der Waals surface area contributed by atoms with Gasteiger partial charge in [0.2, 0.25) is 11.1 Å². The third kappa shape index (κ3) is 4.75. The van der Waals surface area contributed by atoms with Gasteiger partial charge in [-0.3, -0.25) is 4.79 Å². The average Bonchev–Trinajstić information content (AvgIpc) is 3.19. The second-order valence-corrected chi connectivity index (χ2v) is 9.33. The molecule has 8 heteroatoms. The largest absolute Gasteiger partial charge is 0.495 e. The van der Waals surface area contributed by atoms with Crippen molar-refractivity contribution in [1.29, 1.82) is 0 Å². The zero-order valence-electron chi connectivity index (χ0n) is 19.5. The van der Waals surface area contributed by atoms with Crippen molar-refractivity contribution >= 4 is 29.3 Å². The zero-order valence-corrected chi connectivity index (χ0v) is 20.4. The minimum Gasteiger partial charge on any atom is -0.495 e. The molecule has 2 aromatic carbocycles. The van der Waals surface area contributed by atoms with E-state index >= 15 is 0 Å². The number of benzene rings is 2. The van der Waals surface area contributed by atoms with Gasteiger partial charge in [0.1, 0.15) is 5.75 Å². The molecule has 2 heterocycles. The Morgan fingerprint density at radius 1 is 1.18 bits per heavy atom. The number of aromatic nitrogens is 3. The van der Waals surface area contributed by atoms with Gasteiger partial charge >= 0.3 is 0 Å². The summed E-state index contributed by atoms with van der Waals surface area (Å²) in [6, 6.07) is 15.5. The molecule has 1 aliphatic heterocycles. The fourth-order valence-electron chi connectivity index (χ4n) is 4.00. The number of hydrogen-bond acceptors (Lipinski definition) is 6. The van der Waals surface area contributed by atoms with Crippen LogP contribution in [0.2, 0.25) is 0 Å². The number of carbonyl (C=O) groups is 1. The number of amides is 1. The molecule has 2 N–H and O–H groups in total. The van der Waals surface area contributed by atoms with Crippen molar-refractivity contribution in [3.05, 3.63) is 70.9 Å². The van der Waals surface area contributed by atoms with E-state index in [-0.39, 0.29) is 17.9 Å². The summed E-state index contributed by atoms with van der Waals surface area (Å²) in [5, 5.41) is 11.8. The Morgan fingerprint density at radius 3 is 2.64 bits per heavy atom. The van der Waals surface area contributed by atoms with Gasteiger partial charge in [-0.25, -0.2) is 4.68 Å². The molecular formula is C25H29N5O2S. The summed E-state index contributed by atoms with van der Waals surface area (Å²) in [6.45, 7) is 8.19. The molecule has 4 rings (SSSR count). The molecule has 7 nitrogen and oxygen atoms in total. The van der Waals surface area contributed by atoms with Gasteiger partial charge in [0.05, 0.1) is 24.4 Å². The van der Waals surface area contributed by atoms with E-state index in [1.54, 1.807) is 18.9 Å². The van der Waals surface area contributed by atoms with Crippen molar-refractivity contribution in [2.45, 2.75) is 44.6 Å². The number of fused-ring (bicyclic) bond motifs is 1. The molecule has 0 radical (unpaired) electrons. The van der Waals surface area contributed by atoms with Crippen LogP contribution in [0, 0.1) is 12.8 Å². The highest BCUT2D eigenvalue weighted by atomic mass is 32.2. The molecule has 0 fully saturated rings. The van der Waals surface area contributed by atoms with Crippen LogP contribution in [0.4, 0.5) is 11.6 Å². The smallest absolute Gasteiger partial charge is 0.255 e. The molecule has 33 heavy (non-hydrogen) atoms. The molecule has 0 spiro atoms. The number of nitrogens with zero attached hydrogens (tertiary/aromatic N) is 3. The number of hydrogen-bond donors (Lipinski definition) is 2. The van der Waals surface area contributed by atoms with Crippen molar-refractivity contribution in [3.8, 4) is 5.75 Å². The lowest BCUT2D eigenvalue weighted by Crippen LogP contribution is -2.33. The number of methoxy groups -OCH3 is 1. The summed E-state index contributed by atoms with van der Waals surface area (Å²) in [5.74, 6) is 2.02. The third-order valence-corrected chi connectivity index (χ3v) is 6.61. The predicted molar refractivity (Wildman–Crippen MR) is 133 cm³/mol. The number of aryl methyl sites for hydroxylation is 1. The van der Waals surface area contributed by atoms with Crippen molar-refractivity contribution in [2.24, 2.45) is 5.92 Å². The summed E-state index contributed by atoms with van der Waals surface area (Å²) in [5.41, 5.74) is 4.56. The highest BCUT2D eigenvalue weighted by molar-refractivity contribution is 7.98. The Kier molecular flexibility index (Phi) is 6.74. The molecule has 1 unspecified atom stereocenters. The van der Waals surface area contributed by atoms with E-state index in [4.69, 9.17) is 14.8 Å². The van der Waals surface area contributed by atoms with Crippen molar-refractivity contribution < 1.29 is 9.53 Å². The van der Waals surface area contributed by atoms with Crippen LogP contribution in [0.15, 0.2) is 65.0 Å². The second kappa shape index (κ2) is 9.70. The van der Waals surface area contributed by atoms with Gasteiger partial charge in [0.25, 0.3) is 5.91 Å². The number of carbonyl (C=O) groups excluding carboxylic acids is 1. The van der Waals surface area contributed by atoms with E-state index in [0.29, 0.717) is 28.1 Å². The number of nitrogens with one attached hydrogen (secondary N) is 2. The first-order chi connectivity index (χ1) is 15.9. The van der Waals surface area contributed by atoms with Crippen LogP contribution in [-0.2, 0) is 10.5 Å². The molecule has 1 atom stereocenters. The minimum atomic E-state index is -0.240. The second-order valence-electron chi connectivity index (χ2n) is 8.38. The van der Waals surface area contributed by atoms with Gasteiger partial charge in [-0.05, 0) is 43.0 Å². The molecule has 172 valence electrons. The van der Waals surface area contributed by atoms with Gasteiger partial charge in [0.15, 0.2) is 0 Å². The SMILES string of the molecule is COc1ccccc1NC(=O)C1=C(C)Nc2nc(SCc3ccccc3C)nn2C1C(C)C. The number of allylic oxidation sites excluding steroid dienone is 1. The highest BCUT2D eigenvalue weighted by Crippen LogP contribution is 2.37. The Labute approximate surface area is 198 Å². The van der Waals surface area contributed by atoms with Gasteiger partial charge in [-0.1, -0.05) is 62.0 Å². The topological polar surface area (TPSA) is 81.1 Å². The lowest BCUT2D eigenvalue weighted by molar-refractivity contribution is -0.113. The van der Waals surface area contributed by atoms with E-state index in [9.17, 15) is 4.79 Å². The molecule has 1 amide bonds. The molecule has 0 saturated carbocycles. The first-order valence-electron chi connectivity index (χ1n) is 10.9. The van der Waals surface area contributed by atoms with Crippen molar-refractivity contribution in [1.82, 2.24) is 14.8 Å². The highest BCUT2D eigenvalue weighted by Gasteiger charge is 2.35. The Hall–Kier alpha value is -3.26. The van der Waals surface area contributed by atoms with Crippen LogP contribution in [0.5, 0.6) is 5.75 Å². The Morgan fingerprint density at radius 2 is 1.91 bits per heavy atom. The number of anilines is 2. The third-order valence-electron chi connectivity index (χ3n) is 5.72. The summed E-state index contributed by atoms with van der Waals surface area (Å²) in [4.78, 5) is 18.1. The van der Waals surface area contributed by atoms with Crippen LogP contribution in [0.1, 0.15) is 37.9 Å². The predicted octanol–water partition coefficient (Wildman–Crippen LogP) is 5.42. The number of thioether (sulfide) groups is 1. The molecular weight excluding hydrogens is 434 g/mol. The van der Waals surface area contributed by atoms with Crippen LogP contribution in [-0.4, -0.2) is 27.8 Å². The summed E-state index contributed by atoms with van der Waals surface area (Å²) in [7, 11) is 1.59. The first-order valence-corrected chi connectivity index (χ1v) is 11.9.